The van der Waals surface area contributed by atoms with Crippen molar-refractivity contribution in [2.24, 2.45) is 18.9 Å². The largest absolute Gasteiger partial charge is 0.316 e. The van der Waals surface area contributed by atoms with Gasteiger partial charge in [0.2, 0.25) is 0 Å². The molecule has 0 spiro atoms. The molecule has 0 saturated carbocycles. The topological polar surface area (TPSA) is 29.9 Å². The van der Waals surface area contributed by atoms with Crippen molar-refractivity contribution in [1.82, 2.24) is 15.1 Å². The van der Waals surface area contributed by atoms with Crippen molar-refractivity contribution in [3.63, 3.8) is 0 Å². The second-order valence-electron chi connectivity index (χ2n) is 5.52. The van der Waals surface area contributed by atoms with E-state index in [0.717, 1.165) is 25.9 Å². The molecule has 0 amide bonds. The average Bonchev–Trinajstić information content (AvgIpc) is 2.69. The minimum absolute atomic E-state index is 0.691. The van der Waals surface area contributed by atoms with Crippen LogP contribution < -0.4 is 5.32 Å². The van der Waals surface area contributed by atoms with Gasteiger partial charge >= 0.3 is 0 Å². The predicted octanol–water partition coefficient (Wildman–Crippen LogP) is 2.80. The van der Waals surface area contributed by atoms with Gasteiger partial charge in [0.25, 0.3) is 0 Å². The third-order valence-electron chi connectivity index (χ3n) is 3.64. The summed E-state index contributed by atoms with van der Waals surface area (Å²) in [4.78, 5) is 0. The summed E-state index contributed by atoms with van der Waals surface area (Å²) >= 11 is 0. The van der Waals surface area contributed by atoms with Crippen LogP contribution in [0.5, 0.6) is 0 Å². The first-order valence-corrected chi connectivity index (χ1v) is 7.30. The molecule has 0 aliphatic carbocycles. The van der Waals surface area contributed by atoms with Gasteiger partial charge in [-0.2, -0.15) is 5.10 Å². The first kappa shape index (κ1) is 15.2. The van der Waals surface area contributed by atoms with E-state index >= 15 is 0 Å². The van der Waals surface area contributed by atoms with Gasteiger partial charge in [-0.05, 0) is 50.3 Å². The van der Waals surface area contributed by atoms with Crippen LogP contribution in [0.15, 0.2) is 6.07 Å². The number of nitrogens with one attached hydrogen (secondary N) is 1. The van der Waals surface area contributed by atoms with Crippen LogP contribution >= 0.6 is 0 Å². The Balaban J connectivity index is 2.61. The Hall–Kier alpha value is -0.830. The SMILES string of the molecule is CCCNCC(Cc1cc(CC)nn1C)C(C)C. The van der Waals surface area contributed by atoms with Crippen LogP contribution in [-0.4, -0.2) is 22.9 Å². The fourth-order valence-corrected chi connectivity index (χ4v) is 2.21. The van der Waals surface area contributed by atoms with E-state index in [4.69, 9.17) is 0 Å². The third kappa shape index (κ3) is 4.45. The molecule has 0 radical (unpaired) electrons. The molecular weight excluding hydrogens is 222 g/mol. The molecule has 0 aromatic carbocycles. The van der Waals surface area contributed by atoms with E-state index in [-0.39, 0.29) is 0 Å². The second-order valence-corrected chi connectivity index (χ2v) is 5.52. The lowest BCUT2D eigenvalue weighted by Gasteiger charge is -2.21. The van der Waals surface area contributed by atoms with Gasteiger partial charge < -0.3 is 5.32 Å². The average molecular weight is 251 g/mol. The van der Waals surface area contributed by atoms with Gasteiger partial charge in [0.15, 0.2) is 0 Å². The van der Waals surface area contributed by atoms with Gasteiger partial charge in [-0.15, -0.1) is 0 Å². The zero-order chi connectivity index (χ0) is 13.5. The smallest absolute Gasteiger partial charge is 0.0624 e. The van der Waals surface area contributed by atoms with Gasteiger partial charge in [0.05, 0.1) is 5.69 Å². The van der Waals surface area contributed by atoms with Crippen molar-refractivity contribution in [1.29, 1.82) is 0 Å². The molecule has 18 heavy (non-hydrogen) atoms. The van der Waals surface area contributed by atoms with Crippen molar-refractivity contribution in [2.45, 2.75) is 47.0 Å². The van der Waals surface area contributed by atoms with Gasteiger partial charge in [0.1, 0.15) is 0 Å². The maximum atomic E-state index is 4.53. The van der Waals surface area contributed by atoms with Crippen molar-refractivity contribution in [3.8, 4) is 0 Å². The molecule has 3 heteroatoms. The van der Waals surface area contributed by atoms with Crippen LogP contribution in [0.3, 0.4) is 0 Å². The maximum absolute atomic E-state index is 4.53. The molecule has 0 aliphatic heterocycles. The van der Waals surface area contributed by atoms with Gasteiger partial charge in [0, 0.05) is 12.7 Å². The normalized spacial score (nSPS) is 13.2. The molecule has 0 fully saturated rings. The van der Waals surface area contributed by atoms with E-state index in [1.807, 2.05) is 4.68 Å². The quantitative estimate of drug-likeness (QED) is 0.720. The van der Waals surface area contributed by atoms with Crippen LogP contribution in [-0.2, 0) is 19.9 Å². The highest BCUT2D eigenvalue weighted by Gasteiger charge is 2.16. The van der Waals surface area contributed by atoms with Crippen molar-refractivity contribution in [3.05, 3.63) is 17.5 Å². The number of hydrogen-bond donors (Lipinski definition) is 1. The van der Waals surface area contributed by atoms with Gasteiger partial charge in [-0.1, -0.05) is 27.7 Å². The molecular formula is C15H29N3. The van der Waals surface area contributed by atoms with Crippen LogP contribution in [0, 0.1) is 11.8 Å². The molecule has 0 bridgehead atoms. The molecule has 1 aromatic rings. The summed E-state index contributed by atoms with van der Waals surface area (Å²) in [6, 6.07) is 2.26. The van der Waals surface area contributed by atoms with Crippen molar-refractivity contribution >= 4 is 0 Å². The number of aromatic nitrogens is 2. The highest BCUT2D eigenvalue weighted by Crippen LogP contribution is 2.17. The molecule has 104 valence electrons. The van der Waals surface area contributed by atoms with Crippen molar-refractivity contribution < 1.29 is 0 Å². The lowest BCUT2D eigenvalue weighted by atomic mass is 9.91. The molecule has 1 atom stereocenters. The molecule has 1 N–H and O–H groups in total. The van der Waals surface area contributed by atoms with Crippen LogP contribution in [0.2, 0.25) is 0 Å². The standard InChI is InChI=1S/C15H29N3/c1-6-8-16-11-13(12(3)4)9-15-10-14(7-2)17-18(15)5/h10,12-13,16H,6-9,11H2,1-5H3. The van der Waals surface area contributed by atoms with E-state index in [1.54, 1.807) is 0 Å². The minimum atomic E-state index is 0.691. The highest BCUT2D eigenvalue weighted by atomic mass is 15.3. The lowest BCUT2D eigenvalue weighted by Crippen LogP contribution is -2.28. The Bertz CT molecular complexity index is 342. The highest BCUT2D eigenvalue weighted by molar-refractivity contribution is 5.11. The Morgan fingerprint density at radius 1 is 1.33 bits per heavy atom. The fourth-order valence-electron chi connectivity index (χ4n) is 2.21. The van der Waals surface area contributed by atoms with E-state index in [2.05, 4.69) is 51.2 Å². The predicted molar refractivity (Wildman–Crippen MR) is 77.8 cm³/mol. The summed E-state index contributed by atoms with van der Waals surface area (Å²) < 4.78 is 2.05. The number of aryl methyl sites for hydroxylation is 2. The summed E-state index contributed by atoms with van der Waals surface area (Å²) in [6.07, 6.45) is 3.35. The summed E-state index contributed by atoms with van der Waals surface area (Å²) in [7, 11) is 2.06. The Morgan fingerprint density at radius 3 is 2.56 bits per heavy atom. The Kier molecular flexibility index (Phi) is 6.41. The van der Waals surface area contributed by atoms with E-state index in [9.17, 15) is 0 Å². The van der Waals surface area contributed by atoms with Crippen LogP contribution in [0.25, 0.3) is 0 Å². The molecule has 1 heterocycles. The second kappa shape index (κ2) is 7.57. The molecule has 1 rings (SSSR count). The van der Waals surface area contributed by atoms with Gasteiger partial charge in [-0.3, -0.25) is 4.68 Å². The zero-order valence-electron chi connectivity index (χ0n) is 12.7. The molecule has 1 unspecified atom stereocenters. The first-order valence-electron chi connectivity index (χ1n) is 7.30. The molecule has 0 aliphatic rings. The minimum Gasteiger partial charge on any atom is -0.316 e. The van der Waals surface area contributed by atoms with E-state index in [0.29, 0.717) is 11.8 Å². The van der Waals surface area contributed by atoms with Gasteiger partial charge in [-0.25, -0.2) is 0 Å². The summed E-state index contributed by atoms with van der Waals surface area (Å²) in [5, 5.41) is 8.08. The number of hydrogen-bond acceptors (Lipinski definition) is 2. The fraction of sp³-hybridized carbons (Fsp3) is 0.800. The molecule has 0 saturated heterocycles. The van der Waals surface area contributed by atoms with E-state index in [1.165, 1.54) is 17.8 Å². The third-order valence-corrected chi connectivity index (χ3v) is 3.64. The summed E-state index contributed by atoms with van der Waals surface area (Å²) in [6.45, 7) is 11.2. The van der Waals surface area contributed by atoms with Crippen molar-refractivity contribution in [2.75, 3.05) is 13.1 Å². The molecule has 1 aromatic heterocycles. The zero-order valence-corrected chi connectivity index (χ0v) is 12.7. The van der Waals surface area contributed by atoms with E-state index < -0.39 is 0 Å². The van der Waals surface area contributed by atoms with Crippen LogP contribution in [0.4, 0.5) is 0 Å². The maximum Gasteiger partial charge on any atom is 0.0624 e. The number of rotatable bonds is 8. The summed E-state index contributed by atoms with van der Waals surface area (Å²) in [5.74, 6) is 1.39. The first-order chi connectivity index (χ1) is 8.58. The number of nitrogens with zero attached hydrogens (tertiary/aromatic N) is 2. The Morgan fingerprint density at radius 2 is 2.06 bits per heavy atom. The van der Waals surface area contributed by atoms with Crippen LogP contribution in [0.1, 0.15) is 45.5 Å². The summed E-state index contributed by atoms with van der Waals surface area (Å²) in [5.41, 5.74) is 2.57. The lowest BCUT2D eigenvalue weighted by molar-refractivity contribution is 0.354. The molecule has 3 nitrogen and oxygen atoms in total. The monoisotopic (exact) mass is 251 g/mol. The Labute approximate surface area is 112 Å².